The lowest BCUT2D eigenvalue weighted by atomic mass is 10.4. The summed E-state index contributed by atoms with van der Waals surface area (Å²) in [5.41, 5.74) is 1.53. The van der Waals surface area contributed by atoms with E-state index in [1.165, 1.54) is 16.8 Å². The number of aromatic amines is 1. The average Bonchev–Trinajstić information content (AvgIpc) is 2.34. The summed E-state index contributed by atoms with van der Waals surface area (Å²) in [6, 6.07) is 1.54. The number of aromatic nitrogens is 3. The van der Waals surface area contributed by atoms with Gasteiger partial charge in [0.25, 0.3) is 5.56 Å². The molecule has 0 unspecified atom stereocenters. The van der Waals surface area contributed by atoms with Gasteiger partial charge >= 0.3 is 0 Å². The summed E-state index contributed by atoms with van der Waals surface area (Å²) in [5, 5.41) is 0. The molecule has 0 aromatic carbocycles. The molecule has 0 radical (unpaired) electrons. The highest BCUT2D eigenvalue weighted by atomic mass is 16.1. The number of fused-ring (bicyclic) bond motifs is 1. The van der Waals surface area contributed by atoms with Gasteiger partial charge < -0.3 is 4.98 Å². The average molecular weight is 149 g/mol. The van der Waals surface area contributed by atoms with Crippen molar-refractivity contribution in [3.63, 3.8) is 0 Å². The van der Waals surface area contributed by atoms with Crippen molar-refractivity contribution >= 4 is 5.65 Å². The normalized spacial score (nSPS) is 10.6. The summed E-state index contributed by atoms with van der Waals surface area (Å²) in [4.78, 5) is 18.0. The lowest BCUT2D eigenvalue weighted by molar-refractivity contribution is 1.03. The summed E-state index contributed by atoms with van der Waals surface area (Å²) in [7, 11) is 0. The predicted octanol–water partition coefficient (Wildman–Crippen LogP) is 0.331. The van der Waals surface area contributed by atoms with Crippen molar-refractivity contribution < 1.29 is 0 Å². The third-order valence-corrected chi connectivity index (χ3v) is 1.54. The Balaban J connectivity index is 3.02. The van der Waals surface area contributed by atoms with Crippen LogP contribution in [0.3, 0.4) is 0 Å². The van der Waals surface area contributed by atoms with E-state index in [-0.39, 0.29) is 5.56 Å². The fourth-order valence-electron chi connectivity index (χ4n) is 1.06. The molecule has 0 aliphatic rings. The third kappa shape index (κ3) is 0.832. The summed E-state index contributed by atoms with van der Waals surface area (Å²) >= 11 is 0. The van der Waals surface area contributed by atoms with Crippen molar-refractivity contribution in [2.45, 2.75) is 6.92 Å². The first-order chi connectivity index (χ1) is 5.27. The van der Waals surface area contributed by atoms with E-state index < -0.39 is 0 Å². The molecule has 2 aromatic heterocycles. The zero-order valence-corrected chi connectivity index (χ0v) is 6.03. The molecule has 0 atom stereocenters. The summed E-state index contributed by atoms with van der Waals surface area (Å²) in [6.07, 6.45) is 3.11. The third-order valence-electron chi connectivity index (χ3n) is 1.54. The molecule has 0 amide bonds. The van der Waals surface area contributed by atoms with Crippen LogP contribution in [0.1, 0.15) is 5.69 Å². The summed E-state index contributed by atoms with van der Waals surface area (Å²) in [6.45, 7) is 1.84. The minimum absolute atomic E-state index is 0.0475. The fraction of sp³-hybridized carbons (Fsp3) is 0.143. The second-order valence-corrected chi connectivity index (χ2v) is 2.44. The highest BCUT2D eigenvalue weighted by Gasteiger charge is 1.96. The van der Waals surface area contributed by atoms with E-state index >= 15 is 0 Å². The van der Waals surface area contributed by atoms with Gasteiger partial charge in [0.2, 0.25) is 0 Å². The maximum Gasteiger partial charge on any atom is 0.259 e. The second-order valence-electron chi connectivity index (χ2n) is 2.44. The maximum atomic E-state index is 11.2. The van der Waals surface area contributed by atoms with Crippen LogP contribution < -0.4 is 5.56 Å². The van der Waals surface area contributed by atoms with Gasteiger partial charge in [-0.25, -0.2) is 4.98 Å². The van der Waals surface area contributed by atoms with Crippen LogP contribution in [0.5, 0.6) is 0 Å². The van der Waals surface area contributed by atoms with Crippen LogP contribution in [0, 0.1) is 6.92 Å². The van der Waals surface area contributed by atoms with Crippen LogP contribution in [-0.4, -0.2) is 14.4 Å². The summed E-state index contributed by atoms with van der Waals surface area (Å²) in [5.74, 6) is 0. The zero-order valence-electron chi connectivity index (χ0n) is 6.03. The number of nitrogens with zero attached hydrogens (tertiary/aromatic N) is 2. The van der Waals surface area contributed by atoms with Crippen LogP contribution in [0.2, 0.25) is 0 Å². The lowest BCUT2D eigenvalue weighted by Gasteiger charge is -1.93. The molecule has 1 N–H and O–H groups in total. The molecule has 0 bridgehead atoms. The van der Waals surface area contributed by atoms with Crippen molar-refractivity contribution in [3.05, 3.63) is 34.6 Å². The number of rotatable bonds is 0. The van der Waals surface area contributed by atoms with Crippen molar-refractivity contribution in [1.29, 1.82) is 0 Å². The van der Waals surface area contributed by atoms with Crippen molar-refractivity contribution in [2.24, 2.45) is 0 Å². The van der Waals surface area contributed by atoms with Crippen LogP contribution >= 0.6 is 0 Å². The molecule has 2 rings (SSSR count). The molecule has 56 valence electrons. The van der Waals surface area contributed by atoms with E-state index in [1.54, 1.807) is 6.20 Å². The number of hydrogen-bond acceptors (Lipinski definition) is 2. The number of nitrogens with one attached hydrogen (secondary N) is 1. The zero-order chi connectivity index (χ0) is 7.84. The van der Waals surface area contributed by atoms with Gasteiger partial charge in [-0.1, -0.05) is 0 Å². The number of H-pyrrole nitrogens is 1. The molecule has 2 aromatic rings. The number of aryl methyl sites for hydroxylation is 1. The molecular weight excluding hydrogens is 142 g/mol. The van der Waals surface area contributed by atoms with Crippen molar-refractivity contribution in [1.82, 2.24) is 14.4 Å². The van der Waals surface area contributed by atoms with Crippen LogP contribution in [0.15, 0.2) is 23.4 Å². The van der Waals surface area contributed by atoms with Gasteiger partial charge in [-0.15, -0.1) is 0 Å². The van der Waals surface area contributed by atoms with Gasteiger partial charge in [-0.3, -0.25) is 9.20 Å². The van der Waals surface area contributed by atoms with Crippen LogP contribution in [0.4, 0.5) is 0 Å². The maximum absolute atomic E-state index is 11.2. The first-order valence-corrected chi connectivity index (χ1v) is 3.29. The van der Waals surface area contributed by atoms with Crippen molar-refractivity contribution in [3.8, 4) is 0 Å². The number of imidazole rings is 1. The Labute approximate surface area is 62.5 Å². The van der Waals surface area contributed by atoms with E-state index in [4.69, 9.17) is 0 Å². The first-order valence-electron chi connectivity index (χ1n) is 3.29. The van der Waals surface area contributed by atoms with E-state index in [9.17, 15) is 4.79 Å². The van der Waals surface area contributed by atoms with Gasteiger partial charge in [-0.2, -0.15) is 0 Å². The monoisotopic (exact) mass is 149 g/mol. The quantitative estimate of drug-likeness (QED) is 0.586. The van der Waals surface area contributed by atoms with E-state index in [1.807, 2.05) is 6.92 Å². The molecule has 0 aliphatic heterocycles. The van der Waals surface area contributed by atoms with Crippen LogP contribution in [-0.2, 0) is 0 Å². The SMILES string of the molecule is Cc1cc(=O)n2cncc2[nH]1. The second kappa shape index (κ2) is 1.95. The Bertz CT molecular complexity index is 440. The predicted molar refractivity (Wildman–Crippen MR) is 40.5 cm³/mol. The molecule has 0 saturated heterocycles. The topological polar surface area (TPSA) is 50.2 Å². The Hall–Kier alpha value is -1.58. The largest absolute Gasteiger partial charge is 0.344 e. The first kappa shape index (κ1) is 6.15. The van der Waals surface area contributed by atoms with E-state index in [0.29, 0.717) is 0 Å². The molecule has 0 saturated carbocycles. The smallest absolute Gasteiger partial charge is 0.259 e. The summed E-state index contributed by atoms with van der Waals surface area (Å²) < 4.78 is 1.47. The fourth-order valence-corrected chi connectivity index (χ4v) is 1.06. The molecule has 0 fully saturated rings. The Morgan fingerprint density at radius 1 is 1.64 bits per heavy atom. The van der Waals surface area contributed by atoms with Crippen LogP contribution in [0.25, 0.3) is 5.65 Å². The lowest BCUT2D eigenvalue weighted by Crippen LogP contribution is -2.11. The molecule has 2 heterocycles. The highest BCUT2D eigenvalue weighted by Crippen LogP contribution is 1.94. The molecule has 0 spiro atoms. The Kier molecular flexibility index (Phi) is 1.09. The van der Waals surface area contributed by atoms with Gasteiger partial charge in [0.15, 0.2) is 0 Å². The number of hydrogen-bond donors (Lipinski definition) is 1. The van der Waals surface area contributed by atoms with Gasteiger partial charge in [0, 0.05) is 11.8 Å². The van der Waals surface area contributed by atoms with Gasteiger partial charge in [0.05, 0.1) is 6.20 Å². The molecule has 4 heteroatoms. The Morgan fingerprint density at radius 2 is 2.45 bits per heavy atom. The molecular formula is C7H7N3O. The Morgan fingerprint density at radius 3 is 3.27 bits per heavy atom. The minimum atomic E-state index is -0.0475. The molecule has 4 nitrogen and oxygen atoms in total. The van der Waals surface area contributed by atoms with Gasteiger partial charge in [0.1, 0.15) is 12.0 Å². The molecule has 11 heavy (non-hydrogen) atoms. The molecule has 0 aliphatic carbocycles. The standard InChI is InChI=1S/C7H7N3O/c1-5-2-7(11)10-4-8-3-6(10)9-5/h2-4,9H,1H3. The highest BCUT2D eigenvalue weighted by molar-refractivity contribution is 5.35. The van der Waals surface area contributed by atoms with E-state index in [0.717, 1.165) is 11.3 Å². The van der Waals surface area contributed by atoms with E-state index in [2.05, 4.69) is 9.97 Å². The minimum Gasteiger partial charge on any atom is -0.344 e. The van der Waals surface area contributed by atoms with Gasteiger partial charge in [-0.05, 0) is 6.92 Å². The van der Waals surface area contributed by atoms with Crippen molar-refractivity contribution in [2.75, 3.05) is 0 Å².